The van der Waals surface area contributed by atoms with Crippen LogP contribution in [-0.2, 0) is 0 Å². The first-order valence-electron chi connectivity index (χ1n) is 15.1. The molecule has 0 bridgehead atoms. The minimum Gasteiger partial charge on any atom is -1.00 e. The Morgan fingerprint density at radius 1 is 0.364 bits per heavy atom. The third-order valence-corrected chi connectivity index (χ3v) is 7.44. The van der Waals surface area contributed by atoms with Crippen LogP contribution in [0.25, 0.3) is 0 Å². The molecule has 0 spiro atoms. The maximum Gasteiger partial charge on any atom is 0.0784 e. The lowest BCUT2D eigenvalue weighted by molar-refractivity contribution is -0.910. The highest BCUT2D eigenvalue weighted by Gasteiger charge is 2.20. The molecule has 0 saturated carbocycles. The molecule has 33 heavy (non-hydrogen) atoms. The fraction of sp³-hybridized carbons (Fsp3) is 1.00. The predicted molar refractivity (Wildman–Crippen MR) is 148 cm³/mol. The lowest BCUT2D eigenvalue weighted by Crippen LogP contribution is -3.00. The molecule has 0 saturated heterocycles. The molecule has 0 rings (SSSR count). The molecule has 0 aliphatic carbocycles. The van der Waals surface area contributed by atoms with Gasteiger partial charge in [-0.3, -0.25) is 0 Å². The molecule has 0 aromatic rings. The number of hydrogen-bond acceptors (Lipinski definition) is 0. The van der Waals surface area contributed by atoms with E-state index in [2.05, 4.69) is 48.6 Å². The van der Waals surface area contributed by atoms with E-state index in [0.717, 1.165) is 17.8 Å². The summed E-state index contributed by atoms with van der Waals surface area (Å²) in [6.07, 6.45) is 26.0. The van der Waals surface area contributed by atoms with Crippen molar-refractivity contribution < 1.29 is 16.9 Å². The van der Waals surface area contributed by atoms with Crippen LogP contribution in [-0.4, -0.2) is 31.2 Å². The Hall–Kier alpha value is 0.250. The highest BCUT2D eigenvalue weighted by Crippen LogP contribution is 2.18. The molecule has 1 nitrogen and oxygen atoms in total. The Morgan fingerprint density at radius 2 is 0.576 bits per heavy atom. The first-order valence-corrected chi connectivity index (χ1v) is 15.1. The first-order chi connectivity index (χ1) is 15.2. The normalized spacial score (nSPS) is 12.2. The monoisotopic (exact) mass is 487 g/mol. The zero-order chi connectivity index (χ0) is 24.1. The molecular formula is C31H66ClN. The summed E-state index contributed by atoms with van der Waals surface area (Å²) in [5.74, 6) is 2.64. The van der Waals surface area contributed by atoms with Gasteiger partial charge in [0.15, 0.2) is 0 Å². The standard InChI is InChI=1S/C31H66N.ClH/c1-29(2)23-17-11-8-14-20-26-32(7,27-21-15-9-12-18-24-30(3)4)28-22-16-10-13-19-25-31(5)6;/h29-31H,8-28H2,1-7H3;1H/q+1;/p-1. The van der Waals surface area contributed by atoms with E-state index < -0.39 is 0 Å². The Balaban J connectivity index is 0. The molecule has 0 aromatic heterocycles. The van der Waals surface area contributed by atoms with Crippen LogP contribution in [0, 0.1) is 17.8 Å². The van der Waals surface area contributed by atoms with Gasteiger partial charge in [0.1, 0.15) is 0 Å². The fourth-order valence-corrected chi connectivity index (χ4v) is 5.06. The smallest absolute Gasteiger partial charge is 0.0784 e. The van der Waals surface area contributed by atoms with Crippen LogP contribution < -0.4 is 12.4 Å². The average molecular weight is 488 g/mol. The van der Waals surface area contributed by atoms with Crippen LogP contribution in [0.2, 0.25) is 0 Å². The second-order valence-corrected chi connectivity index (χ2v) is 12.6. The summed E-state index contributed by atoms with van der Waals surface area (Å²) in [6.45, 7) is 18.4. The van der Waals surface area contributed by atoms with E-state index in [1.54, 1.807) is 0 Å². The van der Waals surface area contributed by atoms with Gasteiger partial charge in [0, 0.05) is 0 Å². The quantitative estimate of drug-likeness (QED) is 0.0980. The highest BCUT2D eigenvalue weighted by molar-refractivity contribution is 4.53. The van der Waals surface area contributed by atoms with E-state index >= 15 is 0 Å². The summed E-state index contributed by atoms with van der Waals surface area (Å²) in [5.41, 5.74) is 0. The number of unbranched alkanes of at least 4 members (excludes halogenated alkanes) is 12. The van der Waals surface area contributed by atoms with Gasteiger partial charge in [-0.1, -0.05) is 119 Å². The van der Waals surface area contributed by atoms with Crippen molar-refractivity contribution in [3.05, 3.63) is 0 Å². The number of halogens is 1. The Bertz CT molecular complexity index is 322. The molecule has 0 aromatic carbocycles. The lowest BCUT2D eigenvalue weighted by atomic mass is 10.0. The van der Waals surface area contributed by atoms with Gasteiger partial charge in [-0.2, -0.15) is 0 Å². The largest absolute Gasteiger partial charge is 1.00 e. The number of rotatable bonds is 24. The van der Waals surface area contributed by atoms with Gasteiger partial charge in [-0.15, -0.1) is 0 Å². The van der Waals surface area contributed by atoms with Crippen molar-refractivity contribution in [2.75, 3.05) is 26.7 Å². The van der Waals surface area contributed by atoms with Crippen LogP contribution in [0.15, 0.2) is 0 Å². The molecule has 0 heterocycles. The van der Waals surface area contributed by atoms with Gasteiger partial charge in [0.05, 0.1) is 26.7 Å². The maximum atomic E-state index is 2.58. The summed E-state index contributed by atoms with van der Waals surface area (Å²) >= 11 is 0. The van der Waals surface area contributed by atoms with E-state index in [-0.39, 0.29) is 12.4 Å². The van der Waals surface area contributed by atoms with Crippen molar-refractivity contribution in [3.8, 4) is 0 Å². The van der Waals surface area contributed by atoms with Crippen LogP contribution in [0.1, 0.15) is 157 Å². The molecule has 0 fully saturated rings. The van der Waals surface area contributed by atoms with Crippen LogP contribution >= 0.6 is 0 Å². The van der Waals surface area contributed by atoms with Crippen molar-refractivity contribution in [2.45, 2.75) is 157 Å². The van der Waals surface area contributed by atoms with Crippen molar-refractivity contribution in [3.63, 3.8) is 0 Å². The van der Waals surface area contributed by atoms with Crippen molar-refractivity contribution in [1.82, 2.24) is 0 Å². The molecule has 202 valence electrons. The molecule has 0 amide bonds. The minimum absolute atomic E-state index is 0. The van der Waals surface area contributed by atoms with Crippen molar-refractivity contribution >= 4 is 0 Å². The van der Waals surface area contributed by atoms with Gasteiger partial charge < -0.3 is 16.9 Å². The van der Waals surface area contributed by atoms with Crippen LogP contribution in [0.5, 0.6) is 0 Å². The van der Waals surface area contributed by atoms with Crippen molar-refractivity contribution in [1.29, 1.82) is 0 Å². The Morgan fingerprint density at radius 3 is 0.818 bits per heavy atom. The van der Waals surface area contributed by atoms with Crippen LogP contribution in [0.3, 0.4) is 0 Å². The fourth-order valence-electron chi connectivity index (χ4n) is 5.06. The van der Waals surface area contributed by atoms with Gasteiger partial charge in [-0.25, -0.2) is 0 Å². The van der Waals surface area contributed by atoms with E-state index in [1.807, 2.05) is 0 Å². The molecule has 0 radical (unpaired) electrons. The molecule has 0 N–H and O–H groups in total. The van der Waals surface area contributed by atoms with Gasteiger partial charge in [0.2, 0.25) is 0 Å². The average Bonchev–Trinajstić information content (AvgIpc) is 2.71. The van der Waals surface area contributed by atoms with E-state index in [0.29, 0.717) is 0 Å². The van der Waals surface area contributed by atoms with E-state index in [1.165, 1.54) is 140 Å². The maximum absolute atomic E-state index is 2.58. The van der Waals surface area contributed by atoms with Crippen molar-refractivity contribution in [2.24, 2.45) is 17.8 Å². The molecule has 0 unspecified atom stereocenters. The predicted octanol–water partition coefficient (Wildman–Crippen LogP) is 7.43. The highest BCUT2D eigenvalue weighted by atomic mass is 35.5. The summed E-state index contributed by atoms with van der Waals surface area (Å²) in [4.78, 5) is 0. The SMILES string of the molecule is CC(C)CCCCCCC[N+](C)(CCCCCCCC(C)C)CCCCCCCC(C)C.[Cl-]. The Kier molecular flexibility index (Phi) is 25.7. The molecule has 0 aliphatic heterocycles. The summed E-state index contributed by atoms with van der Waals surface area (Å²) in [7, 11) is 2.58. The second kappa shape index (κ2) is 24.0. The topological polar surface area (TPSA) is 0 Å². The van der Waals surface area contributed by atoms with E-state index in [9.17, 15) is 0 Å². The molecule has 0 aliphatic rings. The number of nitrogens with zero attached hydrogens (tertiary/aromatic N) is 1. The third kappa shape index (κ3) is 26.7. The third-order valence-electron chi connectivity index (χ3n) is 7.44. The van der Waals surface area contributed by atoms with E-state index in [4.69, 9.17) is 0 Å². The van der Waals surface area contributed by atoms with Gasteiger partial charge >= 0.3 is 0 Å². The molecular weight excluding hydrogens is 422 g/mol. The number of quaternary nitrogens is 1. The minimum atomic E-state index is 0. The number of hydrogen-bond donors (Lipinski definition) is 0. The zero-order valence-corrected chi connectivity index (χ0v) is 25.2. The van der Waals surface area contributed by atoms with Crippen LogP contribution in [0.4, 0.5) is 0 Å². The zero-order valence-electron chi connectivity index (χ0n) is 24.4. The molecule has 0 atom stereocenters. The summed E-state index contributed by atoms with van der Waals surface area (Å²) in [5, 5.41) is 0. The first kappa shape index (κ1) is 35.4. The lowest BCUT2D eigenvalue weighted by Gasteiger charge is -2.35. The summed E-state index contributed by atoms with van der Waals surface area (Å²) < 4.78 is 1.35. The second-order valence-electron chi connectivity index (χ2n) is 12.6. The molecule has 2 heteroatoms. The van der Waals surface area contributed by atoms with Gasteiger partial charge in [-0.05, 0) is 56.3 Å². The van der Waals surface area contributed by atoms with Gasteiger partial charge in [0.25, 0.3) is 0 Å². The Labute approximate surface area is 218 Å². The summed E-state index contributed by atoms with van der Waals surface area (Å²) in [6, 6.07) is 0.